The van der Waals surface area contributed by atoms with Crippen LogP contribution in [0.15, 0.2) is 71.8 Å². The molecule has 0 bridgehead atoms. The first-order valence-corrected chi connectivity index (χ1v) is 8.45. The molecule has 5 rings (SSSR count). The van der Waals surface area contributed by atoms with Crippen LogP contribution in [0.2, 0.25) is 0 Å². The van der Waals surface area contributed by atoms with Crippen LogP contribution in [0.3, 0.4) is 0 Å². The van der Waals surface area contributed by atoms with Gasteiger partial charge in [0, 0.05) is 24.5 Å². The van der Waals surface area contributed by atoms with E-state index in [0.29, 0.717) is 17.0 Å². The predicted molar refractivity (Wildman–Crippen MR) is 105 cm³/mol. The number of ether oxygens (including phenoxy) is 1. The Hall–Kier alpha value is -4.00. The fourth-order valence-electron chi connectivity index (χ4n) is 3.01. The van der Waals surface area contributed by atoms with E-state index < -0.39 is 0 Å². The molecule has 7 heteroatoms. The number of para-hydroxylation sites is 1. The summed E-state index contributed by atoms with van der Waals surface area (Å²) in [6.07, 6.45) is 3.36. The maximum Gasteiger partial charge on any atom is 0.205 e. The molecule has 27 heavy (non-hydrogen) atoms. The maximum absolute atomic E-state index is 11.9. The Balaban J connectivity index is 1.45. The highest BCUT2D eigenvalue weighted by Gasteiger charge is 2.10. The first kappa shape index (κ1) is 15.3. The molecule has 5 aromatic rings. The number of rotatable bonds is 4. The van der Waals surface area contributed by atoms with E-state index >= 15 is 0 Å². The summed E-state index contributed by atoms with van der Waals surface area (Å²) < 4.78 is 5.86. The van der Waals surface area contributed by atoms with Crippen LogP contribution in [0.5, 0.6) is 11.5 Å². The summed E-state index contributed by atoms with van der Waals surface area (Å²) in [4.78, 5) is 25.7. The highest BCUT2D eigenvalue weighted by Crippen LogP contribution is 2.27. The van der Waals surface area contributed by atoms with Crippen LogP contribution < -0.4 is 15.5 Å². The quantitative estimate of drug-likeness (QED) is 0.386. The third-order valence-corrected chi connectivity index (χ3v) is 4.27. The van der Waals surface area contributed by atoms with E-state index in [1.165, 1.54) is 6.07 Å². The van der Waals surface area contributed by atoms with Crippen LogP contribution in [0.25, 0.3) is 22.1 Å². The summed E-state index contributed by atoms with van der Waals surface area (Å²) in [5, 5.41) is 3.20. The van der Waals surface area contributed by atoms with Gasteiger partial charge in [-0.1, -0.05) is 18.2 Å². The van der Waals surface area contributed by atoms with Crippen molar-refractivity contribution in [3.63, 3.8) is 0 Å². The van der Waals surface area contributed by atoms with Crippen LogP contribution in [0, 0.1) is 0 Å². The molecule has 0 amide bonds. The molecule has 3 heterocycles. The van der Waals surface area contributed by atoms with Gasteiger partial charge >= 0.3 is 0 Å². The van der Waals surface area contributed by atoms with Crippen LogP contribution >= 0.6 is 0 Å². The second-order valence-electron chi connectivity index (χ2n) is 6.10. The molecule has 0 fully saturated rings. The molecular formula is C20H15N5O2. The van der Waals surface area contributed by atoms with Gasteiger partial charge in [-0.3, -0.25) is 4.79 Å². The van der Waals surface area contributed by atoms with Gasteiger partial charge in [0.25, 0.3) is 0 Å². The van der Waals surface area contributed by atoms with Crippen molar-refractivity contribution in [1.29, 1.82) is 0 Å². The number of benzene rings is 2. The standard InChI is InChI=1S/C20H15N5O2/c26-17-8-9-21-18-16(11-22-19(17)18)25-20-23-14-7-6-13(10-15(14)24-20)27-12-4-2-1-3-5-12/h1-11,22H,(H,21,26)(H2,23,24,25). The number of nitrogens with zero attached hydrogens (tertiary/aromatic N) is 1. The van der Waals surface area contributed by atoms with Crippen LogP contribution in [0.1, 0.15) is 0 Å². The number of imidazole rings is 1. The molecule has 0 aliphatic carbocycles. The average Bonchev–Trinajstić information content (AvgIpc) is 3.27. The second-order valence-corrected chi connectivity index (χ2v) is 6.10. The van der Waals surface area contributed by atoms with E-state index in [1.54, 1.807) is 12.4 Å². The Morgan fingerprint density at radius 3 is 2.70 bits per heavy atom. The zero-order chi connectivity index (χ0) is 18.2. The Labute approximate surface area is 153 Å². The van der Waals surface area contributed by atoms with Gasteiger partial charge in [-0.2, -0.15) is 0 Å². The fourth-order valence-corrected chi connectivity index (χ4v) is 3.01. The van der Waals surface area contributed by atoms with E-state index in [-0.39, 0.29) is 5.43 Å². The van der Waals surface area contributed by atoms with Crippen molar-refractivity contribution < 1.29 is 4.74 Å². The summed E-state index contributed by atoms with van der Waals surface area (Å²) in [5.41, 5.74) is 3.56. The van der Waals surface area contributed by atoms with E-state index in [4.69, 9.17) is 4.74 Å². The lowest BCUT2D eigenvalue weighted by Crippen LogP contribution is -1.99. The third kappa shape index (κ3) is 2.81. The number of hydrogen-bond acceptors (Lipinski definition) is 4. The third-order valence-electron chi connectivity index (χ3n) is 4.27. The molecule has 0 saturated heterocycles. The van der Waals surface area contributed by atoms with E-state index in [1.807, 2.05) is 48.5 Å². The number of aromatic amines is 3. The molecule has 0 aliphatic rings. The van der Waals surface area contributed by atoms with Gasteiger partial charge in [-0.25, -0.2) is 4.98 Å². The van der Waals surface area contributed by atoms with Crippen molar-refractivity contribution in [2.24, 2.45) is 0 Å². The lowest BCUT2D eigenvalue weighted by molar-refractivity contribution is 0.483. The van der Waals surface area contributed by atoms with Crippen molar-refractivity contribution in [2.45, 2.75) is 0 Å². The molecule has 0 atom stereocenters. The van der Waals surface area contributed by atoms with Crippen LogP contribution in [-0.2, 0) is 0 Å². The van der Waals surface area contributed by atoms with Crippen molar-refractivity contribution in [2.75, 3.05) is 5.32 Å². The average molecular weight is 357 g/mol. The van der Waals surface area contributed by atoms with Gasteiger partial charge in [-0.05, 0) is 24.3 Å². The molecule has 0 saturated carbocycles. The number of anilines is 2. The van der Waals surface area contributed by atoms with Gasteiger partial charge in [0.15, 0.2) is 0 Å². The summed E-state index contributed by atoms with van der Waals surface area (Å²) in [7, 11) is 0. The minimum atomic E-state index is -0.0656. The lowest BCUT2D eigenvalue weighted by atomic mass is 10.3. The topological polar surface area (TPSA) is 98.6 Å². The van der Waals surface area contributed by atoms with Crippen molar-refractivity contribution in [3.05, 3.63) is 77.2 Å². The number of pyridine rings is 1. The predicted octanol–water partition coefficient (Wildman–Crippen LogP) is 4.27. The van der Waals surface area contributed by atoms with Crippen molar-refractivity contribution >= 4 is 33.7 Å². The highest BCUT2D eigenvalue weighted by atomic mass is 16.5. The van der Waals surface area contributed by atoms with Crippen LogP contribution in [0.4, 0.5) is 11.6 Å². The number of fused-ring (bicyclic) bond motifs is 2. The Kier molecular flexibility index (Phi) is 3.43. The van der Waals surface area contributed by atoms with Gasteiger partial charge in [-0.15, -0.1) is 0 Å². The number of hydrogen-bond donors (Lipinski definition) is 4. The minimum absolute atomic E-state index is 0.0656. The molecule has 4 N–H and O–H groups in total. The first-order chi connectivity index (χ1) is 13.3. The molecule has 0 spiro atoms. The van der Waals surface area contributed by atoms with E-state index in [9.17, 15) is 4.79 Å². The smallest absolute Gasteiger partial charge is 0.205 e. The van der Waals surface area contributed by atoms with Gasteiger partial charge in [0.2, 0.25) is 11.4 Å². The fraction of sp³-hybridized carbons (Fsp3) is 0. The van der Waals surface area contributed by atoms with Crippen molar-refractivity contribution in [1.82, 2.24) is 19.9 Å². The second kappa shape index (κ2) is 6.06. The summed E-state index contributed by atoms with van der Waals surface area (Å²) >= 11 is 0. The van der Waals surface area contributed by atoms with Crippen LogP contribution in [-0.4, -0.2) is 19.9 Å². The van der Waals surface area contributed by atoms with Gasteiger partial charge < -0.3 is 25.0 Å². The normalized spacial score (nSPS) is 11.1. The molecule has 0 aliphatic heterocycles. The zero-order valence-electron chi connectivity index (χ0n) is 14.1. The summed E-state index contributed by atoms with van der Waals surface area (Å²) in [5.74, 6) is 2.07. The maximum atomic E-state index is 11.9. The molecule has 2 aromatic carbocycles. The summed E-state index contributed by atoms with van der Waals surface area (Å²) in [6, 6.07) is 16.8. The molecule has 7 nitrogen and oxygen atoms in total. The first-order valence-electron chi connectivity index (χ1n) is 8.45. The largest absolute Gasteiger partial charge is 0.457 e. The SMILES string of the molecule is O=c1cc[nH]c2c(Nc3nc4ccc(Oc5ccccc5)cc4[nH]3)c[nH]c12. The molecule has 3 aromatic heterocycles. The summed E-state index contributed by atoms with van der Waals surface area (Å²) in [6.45, 7) is 0. The molecule has 0 unspecified atom stereocenters. The van der Waals surface area contributed by atoms with Gasteiger partial charge in [0.1, 0.15) is 17.0 Å². The number of aromatic nitrogens is 4. The van der Waals surface area contributed by atoms with E-state index in [0.717, 1.165) is 28.2 Å². The molecular weight excluding hydrogens is 342 g/mol. The minimum Gasteiger partial charge on any atom is -0.457 e. The Morgan fingerprint density at radius 1 is 0.926 bits per heavy atom. The van der Waals surface area contributed by atoms with E-state index in [2.05, 4.69) is 25.3 Å². The molecule has 0 radical (unpaired) electrons. The van der Waals surface area contributed by atoms with Crippen molar-refractivity contribution in [3.8, 4) is 11.5 Å². The van der Waals surface area contributed by atoms with Gasteiger partial charge in [0.05, 0.1) is 22.2 Å². The lowest BCUT2D eigenvalue weighted by Gasteiger charge is -2.04. The number of nitrogens with one attached hydrogen (secondary N) is 4. The number of H-pyrrole nitrogens is 3. The Morgan fingerprint density at radius 2 is 1.81 bits per heavy atom. The highest BCUT2D eigenvalue weighted by molar-refractivity contribution is 5.90. The monoisotopic (exact) mass is 357 g/mol. The zero-order valence-corrected chi connectivity index (χ0v) is 14.1. The Bertz CT molecular complexity index is 1300. The molecule has 132 valence electrons.